The summed E-state index contributed by atoms with van der Waals surface area (Å²) in [5.41, 5.74) is 2.75. The fraction of sp³-hybridized carbons (Fsp3) is 0.750. The maximum absolute atomic E-state index is 5.83. The first-order valence-electron chi connectivity index (χ1n) is 6.03. The highest BCUT2D eigenvalue weighted by atomic mass is 79.9. The predicted octanol–water partition coefficient (Wildman–Crippen LogP) is 2.99. The fourth-order valence-electron chi connectivity index (χ4n) is 2.21. The molecule has 1 fully saturated rings. The summed E-state index contributed by atoms with van der Waals surface area (Å²) in [5, 5.41) is 7.92. The second-order valence-corrected chi connectivity index (χ2v) is 6.18. The lowest BCUT2D eigenvalue weighted by molar-refractivity contribution is 0.440. The average molecular weight is 321 g/mol. The van der Waals surface area contributed by atoms with Crippen LogP contribution in [0.4, 0.5) is 0 Å². The molecule has 1 saturated carbocycles. The van der Waals surface area contributed by atoms with Crippen molar-refractivity contribution in [3.8, 4) is 0 Å². The van der Waals surface area contributed by atoms with Crippen molar-refractivity contribution in [3.05, 3.63) is 15.9 Å². The van der Waals surface area contributed by atoms with Crippen molar-refractivity contribution in [2.24, 2.45) is 12.5 Å². The molecule has 0 aliphatic heterocycles. The molecule has 1 aromatic heterocycles. The minimum Gasteiger partial charge on any atom is -0.311 e. The average Bonchev–Trinajstić information content (AvgIpc) is 2.99. The first-order valence-corrected chi connectivity index (χ1v) is 7.35. The Morgan fingerprint density at radius 2 is 2.24 bits per heavy atom. The van der Waals surface area contributed by atoms with Gasteiger partial charge in [-0.05, 0) is 47.5 Å². The summed E-state index contributed by atoms with van der Waals surface area (Å²) < 4.78 is 3.06. The second kappa shape index (κ2) is 5.29. The summed E-state index contributed by atoms with van der Waals surface area (Å²) >= 11 is 9.41. The molecule has 5 heteroatoms. The van der Waals surface area contributed by atoms with Gasteiger partial charge in [0.25, 0.3) is 0 Å². The quantitative estimate of drug-likeness (QED) is 0.817. The van der Waals surface area contributed by atoms with Crippen LogP contribution in [0.15, 0.2) is 4.47 Å². The van der Waals surface area contributed by atoms with Gasteiger partial charge in [0.2, 0.25) is 0 Å². The highest BCUT2D eigenvalue weighted by molar-refractivity contribution is 9.10. The van der Waals surface area contributed by atoms with Crippen LogP contribution < -0.4 is 5.32 Å². The second-order valence-electron chi connectivity index (χ2n) is 5.01. The van der Waals surface area contributed by atoms with Crippen LogP contribution in [0.3, 0.4) is 0 Å². The molecule has 0 bridgehead atoms. The van der Waals surface area contributed by atoms with Crippen LogP contribution in [0.2, 0.25) is 0 Å². The van der Waals surface area contributed by atoms with Crippen LogP contribution in [-0.4, -0.2) is 22.2 Å². The Bertz CT molecular complexity index is 399. The van der Waals surface area contributed by atoms with Gasteiger partial charge in [0.05, 0.1) is 15.9 Å². The molecule has 1 heterocycles. The van der Waals surface area contributed by atoms with Gasteiger partial charge in [-0.25, -0.2) is 0 Å². The van der Waals surface area contributed by atoms with Crippen molar-refractivity contribution in [2.45, 2.75) is 32.7 Å². The van der Waals surface area contributed by atoms with Gasteiger partial charge in [-0.15, -0.1) is 11.6 Å². The number of alkyl halides is 1. The third-order valence-electron chi connectivity index (χ3n) is 3.64. The first-order chi connectivity index (χ1) is 8.08. The zero-order valence-electron chi connectivity index (χ0n) is 10.4. The monoisotopic (exact) mass is 319 g/mol. The van der Waals surface area contributed by atoms with Crippen LogP contribution in [-0.2, 0) is 13.6 Å². The Kier molecular flexibility index (Phi) is 4.16. The summed E-state index contributed by atoms with van der Waals surface area (Å²) in [7, 11) is 1.99. The molecule has 0 radical (unpaired) electrons. The molecule has 0 unspecified atom stereocenters. The van der Waals surface area contributed by atoms with E-state index in [9.17, 15) is 0 Å². The van der Waals surface area contributed by atoms with Gasteiger partial charge in [-0.3, -0.25) is 4.68 Å². The molecule has 2 rings (SSSR count). The minimum atomic E-state index is 0.488. The molecule has 0 aromatic carbocycles. The molecule has 1 aliphatic carbocycles. The Balaban J connectivity index is 1.86. The zero-order chi connectivity index (χ0) is 12.5. The van der Waals surface area contributed by atoms with E-state index in [1.54, 1.807) is 0 Å². The lowest BCUT2D eigenvalue weighted by atomic mass is 10.0. The molecule has 0 amide bonds. The summed E-state index contributed by atoms with van der Waals surface area (Å²) in [6.45, 7) is 3.95. The van der Waals surface area contributed by atoms with Crippen LogP contribution in [0.25, 0.3) is 0 Å². The number of nitrogens with zero attached hydrogens (tertiary/aromatic N) is 2. The maximum atomic E-state index is 5.83. The number of hydrogen-bond donors (Lipinski definition) is 1. The fourth-order valence-corrected chi connectivity index (χ4v) is 3.09. The van der Waals surface area contributed by atoms with Gasteiger partial charge in [0.1, 0.15) is 0 Å². The van der Waals surface area contributed by atoms with Crippen LogP contribution in [0.1, 0.15) is 30.7 Å². The number of nitrogens with one attached hydrogen (secondary N) is 1. The van der Waals surface area contributed by atoms with Crippen molar-refractivity contribution in [1.29, 1.82) is 0 Å². The van der Waals surface area contributed by atoms with E-state index in [2.05, 4.69) is 26.3 Å². The standard InChI is InChI=1S/C12H19BrClN3/c1-9-11(13)10(17(2)16-9)7-15-8-12(3-4-12)5-6-14/h15H,3-8H2,1-2H3. The molecular formula is C12H19BrClN3. The smallest absolute Gasteiger partial charge is 0.0739 e. The number of aryl methyl sites for hydroxylation is 2. The number of hydrogen-bond acceptors (Lipinski definition) is 2. The Hall–Kier alpha value is -0.0600. The van der Waals surface area contributed by atoms with Gasteiger partial charge >= 0.3 is 0 Å². The topological polar surface area (TPSA) is 29.9 Å². The Morgan fingerprint density at radius 3 is 2.71 bits per heavy atom. The van der Waals surface area contributed by atoms with Crippen molar-refractivity contribution < 1.29 is 0 Å². The summed E-state index contributed by atoms with van der Waals surface area (Å²) in [6.07, 6.45) is 3.77. The normalized spacial score (nSPS) is 17.4. The lowest BCUT2D eigenvalue weighted by Gasteiger charge is -2.14. The van der Waals surface area contributed by atoms with Gasteiger partial charge in [-0.1, -0.05) is 0 Å². The van der Waals surface area contributed by atoms with E-state index < -0.39 is 0 Å². The van der Waals surface area contributed by atoms with Gasteiger partial charge in [0, 0.05) is 26.0 Å². The summed E-state index contributed by atoms with van der Waals surface area (Å²) in [4.78, 5) is 0. The highest BCUT2D eigenvalue weighted by Crippen LogP contribution is 2.48. The molecule has 1 aromatic rings. The predicted molar refractivity (Wildman–Crippen MR) is 74.4 cm³/mol. The largest absolute Gasteiger partial charge is 0.311 e. The third kappa shape index (κ3) is 3.04. The third-order valence-corrected chi connectivity index (χ3v) is 4.86. The molecule has 0 saturated heterocycles. The number of rotatable bonds is 6. The highest BCUT2D eigenvalue weighted by Gasteiger charge is 2.41. The van der Waals surface area contributed by atoms with Crippen molar-refractivity contribution >= 4 is 27.5 Å². The van der Waals surface area contributed by atoms with E-state index in [1.807, 2.05) is 18.7 Å². The van der Waals surface area contributed by atoms with E-state index in [0.29, 0.717) is 5.41 Å². The molecule has 3 nitrogen and oxygen atoms in total. The molecular weight excluding hydrogens is 302 g/mol. The molecule has 0 spiro atoms. The van der Waals surface area contributed by atoms with E-state index >= 15 is 0 Å². The lowest BCUT2D eigenvalue weighted by Crippen LogP contribution is -2.25. The zero-order valence-corrected chi connectivity index (χ0v) is 12.7. The summed E-state index contributed by atoms with van der Waals surface area (Å²) in [6, 6.07) is 0. The van der Waals surface area contributed by atoms with Crippen LogP contribution >= 0.6 is 27.5 Å². The Labute approximate surface area is 116 Å². The van der Waals surface area contributed by atoms with E-state index in [-0.39, 0.29) is 0 Å². The number of halogens is 2. The van der Waals surface area contributed by atoms with Gasteiger partial charge in [0.15, 0.2) is 0 Å². The first kappa shape index (κ1) is 13.4. The molecule has 1 aliphatic rings. The Morgan fingerprint density at radius 1 is 1.53 bits per heavy atom. The molecule has 96 valence electrons. The van der Waals surface area contributed by atoms with Gasteiger partial charge in [-0.2, -0.15) is 5.10 Å². The van der Waals surface area contributed by atoms with Crippen molar-refractivity contribution in [3.63, 3.8) is 0 Å². The van der Waals surface area contributed by atoms with Crippen LogP contribution in [0.5, 0.6) is 0 Å². The van der Waals surface area contributed by atoms with Crippen molar-refractivity contribution in [1.82, 2.24) is 15.1 Å². The SMILES string of the molecule is Cc1nn(C)c(CNCC2(CCCl)CC2)c1Br. The summed E-state index contributed by atoms with van der Waals surface area (Å²) in [5.74, 6) is 0.774. The molecule has 17 heavy (non-hydrogen) atoms. The van der Waals surface area contributed by atoms with Crippen molar-refractivity contribution in [2.75, 3.05) is 12.4 Å². The van der Waals surface area contributed by atoms with Crippen LogP contribution in [0, 0.1) is 12.3 Å². The molecule has 1 N–H and O–H groups in total. The van der Waals surface area contributed by atoms with E-state index in [0.717, 1.165) is 35.6 Å². The molecule has 0 atom stereocenters. The van der Waals surface area contributed by atoms with E-state index in [4.69, 9.17) is 11.6 Å². The number of aromatic nitrogens is 2. The minimum absolute atomic E-state index is 0.488. The maximum Gasteiger partial charge on any atom is 0.0739 e. The van der Waals surface area contributed by atoms with E-state index in [1.165, 1.54) is 18.5 Å². The van der Waals surface area contributed by atoms with Gasteiger partial charge < -0.3 is 5.32 Å².